The fourth-order valence-electron chi connectivity index (χ4n) is 2.92. The summed E-state index contributed by atoms with van der Waals surface area (Å²) >= 11 is 0. The van der Waals surface area contributed by atoms with Crippen LogP contribution in [0.4, 0.5) is 4.39 Å². The third-order valence-electron chi connectivity index (χ3n) is 4.07. The van der Waals surface area contributed by atoms with Crippen LogP contribution in [0.3, 0.4) is 0 Å². The van der Waals surface area contributed by atoms with E-state index >= 15 is 0 Å². The molecule has 4 nitrogen and oxygen atoms in total. The molecule has 1 amide bonds. The van der Waals surface area contributed by atoms with Crippen LogP contribution in [-0.4, -0.2) is 21.3 Å². The molecule has 2 aromatic heterocycles. The van der Waals surface area contributed by atoms with Gasteiger partial charge in [-0.1, -0.05) is 6.07 Å². The summed E-state index contributed by atoms with van der Waals surface area (Å²) in [5, 5.41) is 2.92. The van der Waals surface area contributed by atoms with Gasteiger partial charge in [0.25, 0.3) is 0 Å². The van der Waals surface area contributed by atoms with Gasteiger partial charge in [-0.05, 0) is 63.1 Å². The summed E-state index contributed by atoms with van der Waals surface area (Å²) in [7, 11) is 0. The lowest BCUT2D eigenvalue weighted by Gasteiger charge is -2.10. The highest BCUT2D eigenvalue weighted by Gasteiger charge is 2.18. The number of amides is 1. The van der Waals surface area contributed by atoms with Crippen molar-refractivity contribution in [2.45, 2.75) is 40.2 Å². The van der Waals surface area contributed by atoms with Crippen molar-refractivity contribution in [1.29, 1.82) is 0 Å². The third kappa shape index (κ3) is 3.55. The SMILES string of the molecule is Cc1ccc2nc(-c3ccc(F)c(C)c3)c(CC(=O)NC(C)C)n2c1. The van der Waals surface area contributed by atoms with E-state index in [9.17, 15) is 9.18 Å². The Labute approximate surface area is 146 Å². The summed E-state index contributed by atoms with van der Waals surface area (Å²) in [6, 6.07) is 8.91. The molecule has 0 bridgehead atoms. The first-order valence-corrected chi connectivity index (χ1v) is 8.38. The summed E-state index contributed by atoms with van der Waals surface area (Å²) in [5.74, 6) is -0.305. The first kappa shape index (κ1) is 17.1. The van der Waals surface area contributed by atoms with Crippen molar-refractivity contribution in [3.63, 3.8) is 0 Å². The number of aromatic nitrogens is 2. The Morgan fingerprint density at radius 2 is 2.00 bits per heavy atom. The molecule has 0 fully saturated rings. The molecule has 2 heterocycles. The lowest BCUT2D eigenvalue weighted by molar-refractivity contribution is -0.120. The number of rotatable bonds is 4. The maximum Gasteiger partial charge on any atom is 0.226 e. The Balaban J connectivity index is 2.14. The third-order valence-corrected chi connectivity index (χ3v) is 4.07. The average molecular weight is 339 g/mol. The highest BCUT2D eigenvalue weighted by Crippen LogP contribution is 2.27. The Morgan fingerprint density at radius 3 is 2.68 bits per heavy atom. The van der Waals surface area contributed by atoms with Gasteiger partial charge < -0.3 is 9.72 Å². The summed E-state index contributed by atoms with van der Waals surface area (Å²) < 4.78 is 15.6. The van der Waals surface area contributed by atoms with Crippen LogP contribution >= 0.6 is 0 Å². The van der Waals surface area contributed by atoms with E-state index in [4.69, 9.17) is 0 Å². The van der Waals surface area contributed by atoms with E-state index < -0.39 is 0 Å². The molecule has 0 atom stereocenters. The summed E-state index contributed by atoms with van der Waals surface area (Å²) in [6.07, 6.45) is 2.19. The van der Waals surface area contributed by atoms with E-state index in [0.717, 1.165) is 22.5 Å². The fourth-order valence-corrected chi connectivity index (χ4v) is 2.92. The van der Waals surface area contributed by atoms with Gasteiger partial charge in [0, 0.05) is 17.8 Å². The summed E-state index contributed by atoms with van der Waals surface area (Å²) in [5.41, 5.74) is 4.75. The molecule has 0 aliphatic heterocycles. The fraction of sp³-hybridized carbons (Fsp3) is 0.300. The number of pyridine rings is 1. The summed E-state index contributed by atoms with van der Waals surface area (Å²) in [6.45, 7) is 7.59. The van der Waals surface area contributed by atoms with Gasteiger partial charge in [0.1, 0.15) is 11.5 Å². The molecule has 0 spiro atoms. The van der Waals surface area contributed by atoms with Crippen LogP contribution in [0.2, 0.25) is 0 Å². The standard InChI is InChI=1S/C20H22FN3O/c1-12(2)22-19(25)10-17-20(15-6-7-16(21)14(4)9-15)23-18-8-5-13(3)11-24(17)18/h5-9,11-12H,10H2,1-4H3,(H,22,25). The van der Waals surface area contributed by atoms with Gasteiger partial charge in [0.2, 0.25) is 5.91 Å². The van der Waals surface area contributed by atoms with Crippen molar-refractivity contribution in [2.24, 2.45) is 0 Å². The molecular formula is C20H22FN3O. The zero-order valence-corrected chi connectivity index (χ0v) is 14.9. The molecule has 0 aliphatic rings. The molecule has 1 N–H and O–H groups in total. The Kier molecular flexibility index (Phi) is 4.57. The Bertz CT molecular complexity index is 944. The van der Waals surface area contributed by atoms with Crippen LogP contribution in [-0.2, 0) is 11.2 Å². The predicted octanol–water partition coefficient (Wildman–Crippen LogP) is 3.82. The molecule has 3 rings (SSSR count). The molecule has 0 saturated heterocycles. The second-order valence-corrected chi connectivity index (χ2v) is 6.70. The van der Waals surface area contributed by atoms with E-state index in [0.29, 0.717) is 11.3 Å². The van der Waals surface area contributed by atoms with E-state index in [1.54, 1.807) is 19.1 Å². The minimum Gasteiger partial charge on any atom is -0.354 e. The normalized spacial score (nSPS) is 11.3. The number of imidazole rings is 1. The highest BCUT2D eigenvalue weighted by molar-refractivity contribution is 5.81. The van der Waals surface area contributed by atoms with Gasteiger partial charge in [-0.15, -0.1) is 0 Å². The number of aryl methyl sites for hydroxylation is 2. The Hall–Kier alpha value is -2.69. The van der Waals surface area contributed by atoms with Gasteiger partial charge in [-0.2, -0.15) is 0 Å². The average Bonchev–Trinajstić information content (AvgIpc) is 2.87. The number of halogens is 1. The van der Waals surface area contributed by atoms with Crippen molar-refractivity contribution < 1.29 is 9.18 Å². The molecule has 0 saturated carbocycles. The van der Waals surface area contributed by atoms with Gasteiger partial charge in [0.05, 0.1) is 17.8 Å². The number of hydrogen-bond acceptors (Lipinski definition) is 2. The quantitative estimate of drug-likeness (QED) is 0.785. The molecule has 0 radical (unpaired) electrons. The second kappa shape index (κ2) is 6.67. The van der Waals surface area contributed by atoms with Gasteiger partial charge in [0.15, 0.2) is 0 Å². The minimum absolute atomic E-state index is 0.0570. The van der Waals surface area contributed by atoms with Crippen LogP contribution in [0.15, 0.2) is 36.5 Å². The molecular weight excluding hydrogens is 317 g/mol. The number of carbonyl (C=O) groups excluding carboxylic acids is 1. The molecule has 1 aromatic carbocycles. The van der Waals surface area contributed by atoms with E-state index in [1.807, 2.05) is 43.5 Å². The smallest absolute Gasteiger partial charge is 0.226 e. The second-order valence-electron chi connectivity index (χ2n) is 6.70. The zero-order valence-electron chi connectivity index (χ0n) is 14.9. The van der Waals surface area contributed by atoms with Gasteiger partial charge in [-0.3, -0.25) is 4.79 Å². The van der Waals surface area contributed by atoms with Crippen LogP contribution in [0.25, 0.3) is 16.9 Å². The zero-order chi connectivity index (χ0) is 18.1. The maximum absolute atomic E-state index is 13.6. The van der Waals surface area contributed by atoms with Gasteiger partial charge in [-0.25, -0.2) is 9.37 Å². The first-order valence-electron chi connectivity index (χ1n) is 8.38. The van der Waals surface area contributed by atoms with Crippen LogP contribution in [0.1, 0.15) is 30.7 Å². The highest BCUT2D eigenvalue weighted by atomic mass is 19.1. The van der Waals surface area contributed by atoms with Gasteiger partial charge >= 0.3 is 0 Å². The number of carbonyl (C=O) groups is 1. The van der Waals surface area contributed by atoms with Crippen molar-refractivity contribution in [2.75, 3.05) is 0 Å². The monoisotopic (exact) mass is 339 g/mol. The lowest BCUT2D eigenvalue weighted by Crippen LogP contribution is -2.31. The van der Waals surface area contributed by atoms with Crippen LogP contribution < -0.4 is 5.32 Å². The van der Waals surface area contributed by atoms with E-state index in [1.165, 1.54) is 6.07 Å². The van der Waals surface area contributed by atoms with Crippen LogP contribution in [0, 0.1) is 19.7 Å². The molecule has 3 aromatic rings. The predicted molar refractivity (Wildman–Crippen MR) is 97.0 cm³/mol. The molecule has 25 heavy (non-hydrogen) atoms. The maximum atomic E-state index is 13.6. The van der Waals surface area contributed by atoms with Crippen molar-refractivity contribution in [3.8, 4) is 11.3 Å². The largest absolute Gasteiger partial charge is 0.354 e. The molecule has 0 aliphatic carbocycles. The lowest BCUT2D eigenvalue weighted by atomic mass is 10.1. The minimum atomic E-state index is -0.248. The number of nitrogens with one attached hydrogen (secondary N) is 1. The number of nitrogens with zero attached hydrogens (tertiary/aromatic N) is 2. The molecule has 130 valence electrons. The van der Waals surface area contributed by atoms with E-state index in [2.05, 4.69) is 10.3 Å². The summed E-state index contributed by atoms with van der Waals surface area (Å²) in [4.78, 5) is 17.0. The van der Waals surface area contributed by atoms with Crippen molar-refractivity contribution >= 4 is 11.6 Å². The van der Waals surface area contributed by atoms with Crippen LogP contribution in [0.5, 0.6) is 0 Å². The number of fused-ring (bicyclic) bond motifs is 1. The molecule has 0 unspecified atom stereocenters. The molecule has 5 heteroatoms. The number of benzene rings is 1. The Morgan fingerprint density at radius 1 is 1.24 bits per heavy atom. The number of hydrogen-bond donors (Lipinski definition) is 1. The van der Waals surface area contributed by atoms with Crippen molar-refractivity contribution in [3.05, 3.63) is 59.2 Å². The topological polar surface area (TPSA) is 46.4 Å². The van der Waals surface area contributed by atoms with Crippen molar-refractivity contribution in [1.82, 2.24) is 14.7 Å². The first-order chi connectivity index (χ1) is 11.8. The van der Waals surface area contributed by atoms with E-state index in [-0.39, 0.29) is 24.2 Å².